The molecule has 0 amide bonds. The number of unbranched alkanes of at least 4 members (excludes halogenated alkanes) is 29. The molecule has 3 atom stereocenters. The van der Waals surface area contributed by atoms with Crippen molar-refractivity contribution in [3.8, 4) is 0 Å². The number of phosphoric ester groups is 1. The van der Waals surface area contributed by atoms with Crippen LogP contribution in [0.25, 0.3) is 0 Å². The smallest absolute Gasteiger partial charge is 0.457 e. The third-order valence-corrected chi connectivity index (χ3v) is 12.8. The van der Waals surface area contributed by atoms with Crippen LogP contribution in [0, 0.1) is 0 Å². The van der Waals surface area contributed by atoms with Crippen molar-refractivity contribution < 1.29 is 47.8 Å². The van der Waals surface area contributed by atoms with Gasteiger partial charge in [0, 0.05) is 12.8 Å². The molecule has 3 N–H and O–H groups in total. The van der Waals surface area contributed by atoms with Gasteiger partial charge in [-0.1, -0.05) is 236 Å². The van der Waals surface area contributed by atoms with E-state index in [9.17, 15) is 29.3 Å². The standard InChI is InChI=1S/C55H101O10P/c1-3-5-7-9-11-13-15-17-19-21-23-24-25-26-27-29-31-33-35-37-39-41-43-45-47-55(59)65-53(49-57)51-63-66(60,61)62-50-52(48-56)64-54(58)46-44-42-40-38-36-34-32-30-28-22-20-18-16-14-12-10-8-6-4-2/h6,8,12,14,18,20,28,30,52-53,56-57H,3-5,7,9-11,13,15-17,19,21-27,29,31-51H2,1-2H3,(H,60,61)/b8-6-,14-12-,20-18-,30-28-. The van der Waals surface area contributed by atoms with E-state index in [2.05, 4.69) is 62.5 Å². The van der Waals surface area contributed by atoms with Crippen molar-refractivity contribution in [2.75, 3.05) is 26.4 Å². The molecule has 0 aliphatic carbocycles. The number of carbonyl (C=O) groups excluding carboxylic acids is 2. The minimum absolute atomic E-state index is 0.176. The second-order valence-electron chi connectivity index (χ2n) is 18.2. The van der Waals surface area contributed by atoms with Gasteiger partial charge in [0.1, 0.15) is 12.2 Å². The fourth-order valence-electron chi connectivity index (χ4n) is 7.70. The SMILES string of the molecule is CC/C=C\C/C=C\C/C=C\C/C=C\CCCCCCCCC(=O)OC(CO)COP(=O)(O)OCC(CO)OC(=O)CCCCCCCCCCCCCCCCCCCCCCCCCC. The predicted octanol–water partition coefficient (Wildman–Crippen LogP) is 15.6. The molecule has 0 aromatic rings. The molecule has 10 nitrogen and oxygen atoms in total. The van der Waals surface area contributed by atoms with Crippen LogP contribution in [-0.2, 0) is 32.7 Å². The normalized spacial score (nSPS) is 14.0. The monoisotopic (exact) mass is 953 g/mol. The summed E-state index contributed by atoms with van der Waals surface area (Å²) in [6.45, 7) is 2.13. The predicted molar refractivity (Wildman–Crippen MR) is 274 cm³/mol. The van der Waals surface area contributed by atoms with E-state index in [4.69, 9.17) is 18.5 Å². The zero-order valence-corrected chi connectivity index (χ0v) is 43.3. The first-order chi connectivity index (χ1) is 32.3. The highest BCUT2D eigenvalue weighted by Gasteiger charge is 2.27. The Labute approximate surface area is 404 Å². The summed E-state index contributed by atoms with van der Waals surface area (Å²) in [5.74, 6) is -1.02. The number of hydrogen-bond acceptors (Lipinski definition) is 9. The fourth-order valence-corrected chi connectivity index (χ4v) is 8.48. The van der Waals surface area contributed by atoms with Crippen molar-refractivity contribution in [2.45, 2.75) is 264 Å². The minimum atomic E-state index is -4.65. The van der Waals surface area contributed by atoms with Gasteiger partial charge in [0.05, 0.1) is 26.4 Å². The van der Waals surface area contributed by atoms with Crippen LogP contribution < -0.4 is 0 Å². The van der Waals surface area contributed by atoms with Crippen LogP contribution in [0.1, 0.15) is 251 Å². The van der Waals surface area contributed by atoms with Gasteiger partial charge < -0.3 is 24.6 Å². The summed E-state index contributed by atoms with van der Waals surface area (Å²) >= 11 is 0. The summed E-state index contributed by atoms with van der Waals surface area (Å²) in [6, 6.07) is 0. The Morgan fingerprint density at radius 1 is 0.424 bits per heavy atom. The number of hydrogen-bond donors (Lipinski definition) is 3. The summed E-state index contributed by atoms with van der Waals surface area (Å²) in [6.07, 6.45) is 58.1. The first-order valence-electron chi connectivity index (χ1n) is 27.1. The molecule has 0 bridgehead atoms. The van der Waals surface area contributed by atoms with Crippen LogP contribution in [0.2, 0.25) is 0 Å². The van der Waals surface area contributed by atoms with Gasteiger partial charge in [0.15, 0.2) is 0 Å². The van der Waals surface area contributed by atoms with Gasteiger partial charge in [-0.25, -0.2) is 4.57 Å². The van der Waals surface area contributed by atoms with Crippen molar-refractivity contribution in [1.29, 1.82) is 0 Å². The quantitative estimate of drug-likeness (QED) is 0.0233. The Morgan fingerprint density at radius 2 is 0.712 bits per heavy atom. The molecule has 0 fully saturated rings. The number of aliphatic hydroxyl groups excluding tert-OH is 2. The molecule has 0 rings (SSSR count). The summed E-state index contributed by atoms with van der Waals surface area (Å²) in [5, 5.41) is 19.3. The zero-order chi connectivity index (χ0) is 48.3. The lowest BCUT2D eigenvalue weighted by Crippen LogP contribution is -2.28. The van der Waals surface area contributed by atoms with Crippen LogP contribution in [0.5, 0.6) is 0 Å². The Kier molecular flexibility index (Phi) is 49.2. The molecule has 0 aromatic heterocycles. The third-order valence-electron chi connectivity index (χ3n) is 11.8. The van der Waals surface area contributed by atoms with Crippen molar-refractivity contribution in [2.24, 2.45) is 0 Å². The highest BCUT2D eigenvalue weighted by molar-refractivity contribution is 7.47. The van der Waals surface area contributed by atoms with E-state index in [-0.39, 0.29) is 12.8 Å². The number of rotatable bonds is 51. The molecule has 0 radical (unpaired) electrons. The average molecular weight is 953 g/mol. The second-order valence-corrected chi connectivity index (χ2v) is 19.6. The van der Waals surface area contributed by atoms with E-state index in [1.54, 1.807) is 0 Å². The lowest BCUT2D eigenvalue weighted by atomic mass is 10.0. The summed E-state index contributed by atoms with van der Waals surface area (Å²) in [7, 11) is -4.65. The van der Waals surface area contributed by atoms with E-state index in [1.165, 1.54) is 128 Å². The third kappa shape index (κ3) is 48.4. The van der Waals surface area contributed by atoms with Crippen LogP contribution in [0.15, 0.2) is 48.6 Å². The van der Waals surface area contributed by atoms with E-state index in [0.29, 0.717) is 12.8 Å². The van der Waals surface area contributed by atoms with Gasteiger partial charge in [0.25, 0.3) is 0 Å². The molecule has 386 valence electrons. The second kappa shape index (κ2) is 50.8. The van der Waals surface area contributed by atoms with Gasteiger partial charge in [-0.15, -0.1) is 0 Å². The molecule has 0 aliphatic rings. The largest absolute Gasteiger partial charge is 0.472 e. The van der Waals surface area contributed by atoms with Gasteiger partial charge in [-0.05, 0) is 51.4 Å². The first kappa shape index (κ1) is 63.9. The number of aliphatic hydroxyl groups is 2. The molecule has 0 aliphatic heterocycles. The van der Waals surface area contributed by atoms with Crippen molar-refractivity contribution in [3.05, 3.63) is 48.6 Å². The van der Waals surface area contributed by atoms with Crippen molar-refractivity contribution >= 4 is 19.8 Å². The number of phosphoric acid groups is 1. The van der Waals surface area contributed by atoms with Gasteiger partial charge in [0.2, 0.25) is 0 Å². The molecule has 11 heteroatoms. The maximum absolute atomic E-state index is 12.4. The highest BCUT2D eigenvalue weighted by Crippen LogP contribution is 2.43. The lowest BCUT2D eigenvalue weighted by molar-refractivity contribution is -0.153. The molecule has 66 heavy (non-hydrogen) atoms. The molecule has 3 unspecified atom stereocenters. The van der Waals surface area contributed by atoms with E-state index in [0.717, 1.165) is 83.5 Å². The molecule has 0 saturated carbocycles. The van der Waals surface area contributed by atoms with Crippen molar-refractivity contribution in [1.82, 2.24) is 0 Å². The number of ether oxygens (including phenoxy) is 2. The minimum Gasteiger partial charge on any atom is -0.457 e. The fraction of sp³-hybridized carbons (Fsp3) is 0.818. The maximum Gasteiger partial charge on any atom is 0.472 e. The van der Waals surface area contributed by atoms with Crippen LogP contribution in [0.3, 0.4) is 0 Å². The van der Waals surface area contributed by atoms with E-state index in [1.807, 2.05) is 0 Å². The average Bonchev–Trinajstić information content (AvgIpc) is 3.31. The molecular formula is C55H101O10P. The number of allylic oxidation sites excluding steroid dienone is 8. The summed E-state index contributed by atoms with van der Waals surface area (Å²) in [5.41, 5.74) is 0. The van der Waals surface area contributed by atoms with Crippen LogP contribution in [-0.4, -0.2) is 65.7 Å². The highest BCUT2D eigenvalue weighted by atomic mass is 31.2. The molecular weight excluding hydrogens is 852 g/mol. The summed E-state index contributed by atoms with van der Waals surface area (Å²) in [4.78, 5) is 34.7. The van der Waals surface area contributed by atoms with Gasteiger partial charge in [-0.2, -0.15) is 0 Å². The Balaban J connectivity index is 3.80. The maximum atomic E-state index is 12.4. The Bertz CT molecular complexity index is 1230. The van der Waals surface area contributed by atoms with Gasteiger partial charge >= 0.3 is 19.8 Å². The summed E-state index contributed by atoms with van der Waals surface area (Å²) < 4.78 is 32.8. The Hall–Kier alpha value is -2.07. The molecule has 0 aromatic carbocycles. The van der Waals surface area contributed by atoms with E-state index < -0.39 is 58.4 Å². The van der Waals surface area contributed by atoms with Gasteiger partial charge in [-0.3, -0.25) is 18.6 Å². The molecule has 0 heterocycles. The van der Waals surface area contributed by atoms with Crippen molar-refractivity contribution in [3.63, 3.8) is 0 Å². The lowest BCUT2D eigenvalue weighted by Gasteiger charge is -2.20. The molecule has 0 saturated heterocycles. The number of carbonyl (C=O) groups is 2. The first-order valence-corrected chi connectivity index (χ1v) is 28.6. The van der Waals surface area contributed by atoms with Crippen LogP contribution >= 0.6 is 7.82 Å². The number of esters is 2. The zero-order valence-electron chi connectivity index (χ0n) is 42.4. The van der Waals surface area contributed by atoms with Crippen LogP contribution in [0.4, 0.5) is 0 Å². The van der Waals surface area contributed by atoms with E-state index >= 15 is 0 Å². The molecule has 0 spiro atoms. The Morgan fingerprint density at radius 3 is 1.03 bits per heavy atom. The topological polar surface area (TPSA) is 149 Å².